The van der Waals surface area contributed by atoms with Gasteiger partial charge in [0.15, 0.2) is 5.96 Å². The monoisotopic (exact) mass is 479 g/mol. The number of aliphatic imine (C=N–C) groups is 1. The van der Waals surface area contributed by atoms with Crippen molar-refractivity contribution in [3.63, 3.8) is 0 Å². The minimum absolute atomic E-state index is 0. The molecule has 0 radical (unpaired) electrons. The van der Waals surface area contributed by atoms with Crippen molar-refractivity contribution in [3.8, 4) is 0 Å². The van der Waals surface area contributed by atoms with Crippen molar-refractivity contribution < 1.29 is 13.5 Å². The smallest absolute Gasteiger partial charge is 0.191 e. The van der Waals surface area contributed by atoms with Crippen molar-refractivity contribution in [3.05, 3.63) is 35.4 Å². The van der Waals surface area contributed by atoms with Crippen LogP contribution in [-0.4, -0.2) is 31.3 Å². The normalized spacial score (nSPS) is 27.8. The van der Waals surface area contributed by atoms with Crippen LogP contribution in [0.25, 0.3) is 0 Å². The molecule has 2 N–H and O–H groups in total. The molecular weight excluding hydrogens is 451 g/mol. The predicted molar refractivity (Wildman–Crippen MR) is 110 cm³/mol. The molecule has 4 nitrogen and oxygen atoms in total. The molecule has 146 valence electrons. The van der Waals surface area contributed by atoms with E-state index in [0.29, 0.717) is 30.1 Å². The summed E-state index contributed by atoms with van der Waals surface area (Å²) in [5.74, 6) is 0.0143. The number of guanidine groups is 1. The van der Waals surface area contributed by atoms with Gasteiger partial charge in [-0.15, -0.1) is 24.0 Å². The first-order chi connectivity index (χ1) is 11.8. The third-order valence-corrected chi connectivity index (χ3v) is 5.49. The number of rotatable bonds is 4. The Morgan fingerprint density at radius 3 is 2.77 bits per heavy atom. The lowest BCUT2D eigenvalue weighted by Crippen LogP contribution is -2.68. The van der Waals surface area contributed by atoms with E-state index in [0.717, 1.165) is 19.1 Å². The van der Waals surface area contributed by atoms with Crippen molar-refractivity contribution >= 4 is 29.9 Å². The van der Waals surface area contributed by atoms with E-state index in [2.05, 4.69) is 29.5 Å². The molecule has 1 aliphatic heterocycles. The van der Waals surface area contributed by atoms with Crippen LogP contribution in [0.1, 0.15) is 45.7 Å². The number of fused-ring (bicyclic) bond motifs is 1. The Morgan fingerprint density at radius 1 is 1.38 bits per heavy atom. The highest BCUT2D eigenvalue weighted by Gasteiger charge is 2.59. The van der Waals surface area contributed by atoms with E-state index < -0.39 is 11.6 Å². The number of hydrogen-bond donors (Lipinski definition) is 2. The maximum atomic E-state index is 14.0. The fourth-order valence-electron chi connectivity index (χ4n) is 4.19. The zero-order valence-electron chi connectivity index (χ0n) is 15.7. The second kappa shape index (κ2) is 8.37. The van der Waals surface area contributed by atoms with Gasteiger partial charge in [0.25, 0.3) is 0 Å². The number of benzene rings is 1. The van der Waals surface area contributed by atoms with Gasteiger partial charge in [0, 0.05) is 42.2 Å². The lowest BCUT2D eigenvalue weighted by atomic mass is 9.57. The summed E-state index contributed by atoms with van der Waals surface area (Å²) < 4.78 is 33.0. The van der Waals surface area contributed by atoms with Crippen LogP contribution in [-0.2, 0) is 4.74 Å². The van der Waals surface area contributed by atoms with Gasteiger partial charge in [0.1, 0.15) is 11.6 Å². The SMILES string of the molecule is CCN=C(NC(C)c1ccc(F)cc1F)NC1C2CCOC2C1(C)C.I. The van der Waals surface area contributed by atoms with E-state index in [4.69, 9.17) is 4.74 Å². The molecule has 2 fully saturated rings. The van der Waals surface area contributed by atoms with E-state index in [1.807, 2.05) is 13.8 Å². The minimum atomic E-state index is -0.572. The molecule has 4 unspecified atom stereocenters. The summed E-state index contributed by atoms with van der Waals surface area (Å²) in [5.41, 5.74) is 0.448. The summed E-state index contributed by atoms with van der Waals surface area (Å²) in [5, 5.41) is 6.76. The van der Waals surface area contributed by atoms with Crippen LogP contribution in [0.4, 0.5) is 8.78 Å². The fourth-order valence-corrected chi connectivity index (χ4v) is 4.19. The standard InChI is InChI=1S/C19H27F2N3O.HI/c1-5-22-18(23-11(2)13-7-6-12(20)10-15(13)21)24-16-14-8-9-25-17(14)19(16,3)4;/h6-7,10-11,14,16-17H,5,8-9H2,1-4H3,(H2,22,23,24);1H. The molecule has 0 aromatic heterocycles. The quantitative estimate of drug-likeness (QED) is 0.390. The average molecular weight is 479 g/mol. The van der Waals surface area contributed by atoms with Gasteiger partial charge in [0.05, 0.1) is 12.1 Å². The van der Waals surface area contributed by atoms with Gasteiger partial charge in [-0.25, -0.2) is 8.78 Å². The van der Waals surface area contributed by atoms with Crippen molar-refractivity contribution in [1.82, 2.24) is 10.6 Å². The van der Waals surface area contributed by atoms with E-state index in [-0.39, 0.29) is 41.5 Å². The van der Waals surface area contributed by atoms with Crippen LogP contribution in [0, 0.1) is 23.0 Å². The predicted octanol–water partition coefficient (Wildman–Crippen LogP) is 4.01. The number of nitrogens with zero attached hydrogens (tertiary/aromatic N) is 1. The largest absolute Gasteiger partial charge is 0.377 e. The van der Waals surface area contributed by atoms with E-state index in [1.54, 1.807) is 0 Å². The van der Waals surface area contributed by atoms with Crippen LogP contribution >= 0.6 is 24.0 Å². The molecule has 1 saturated heterocycles. The molecule has 3 rings (SSSR count). The summed E-state index contributed by atoms with van der Waals surface area (Å²) in [6.07, 6.45) is 1.34. The topological polar surface area (TPSA) is 45.7 Å². The van der Waals surface area contributed by atoms with Gasteiger partial charge < -0.3 is 15.4 Å². The number of hydrogen-bond acceptors (Lipinski definition) is 2. The highest BCUT2D eigenvalue weighted by atomic mass is 127. The summed E-state index contributed by atoms with van der Waals surface area (Å²) >= 11 is 0. The average Bonchev–Trinajstić information content (AvgIpc) is 2.99. The van der Waals surface area contributed by atoms with Gasteiger partial charge >= 0.3 is 0 Å². The zero-order valence-corrected chi connectivity index (χ0v) is 18.0. The van der Waals surface area contributed by atoms with Gasteiger partial charge in [-0.3, -0.25) is 4.99 Å². The second-order valence-corrected chi connectivity index (χ2v) is 7.54. The summed E-state index contributed by atoms with van der Waals surface area (Å²) in [7, 11) is 0. The maximum Gasteiger partial charge on any atom is 0.191 e. The summed E-state index contributed by atoms with van der Waals surface area (Å²) in [6.45, 7) is 9.62. The third-order valence-electron chi connectivity index (χ3n) is 5.49. The van der Waals surface area contributed by atoms with E-state index >= 15 is 0 Å². The van der Waals surface area contributed by atoms with Gasteiger partial charge in [-0.2, -0.15) is 0 Å². The Balaban J connectivity index is 0.00000243. The van der Waals surface area contributed by atoms with Crippen molar-refractivity contribution in [2.24, 2.45) is 16.3 Å². The lowest BCUT2D eigenvalue weighted by molar-refractivity contribution is -0.106. The molecule has 2 aliphatic rings. The first kappa shape index (κ1) is 21.3. The number of halogens is 3. The number of nitrogens with one attached hydrogen (secondary N) is 2. The molecule has 7 heteroatoms. The Labute approximate surface area is 171 Å². The molecule has 0 bridgehead atoms. The number of ether oxygens (including phenoxy) is 1. The van der Waals surface area contributed by atoms with Crippen LogP contribution in [0.2, 0.25) is 0 Å². The summed E-state index contributed by atoms with van der Waals surface area (Å²) in [6, 6.07) is 3.60. The molecule has 1 aromatic carbocycles. The van der Waals surface area contributed by atoms with E-state index in [1.165, 1.54) is 12.1 Å². The first-order valence-corrected chi connectivity index (χ1v) is 8.98. The molecule has 0 spiro atoms. The van der Waals surface area contributed by atoms with Gasteiger partial charge in [-0.1, -0.05) is 19.9 Å². The Hall–Kier alpha value is -0.960. The lowest BCUT2D eigenvalue weighted by Gasteiger charge is -2.55. The molecular formula is C19H28F2IN3O. The molecule has 1 aliphatic carbocycles. The molecule has 1 saturated carbocycles. The van der Waals surface area contributed by atoms with Crippen molar-refractivity contribution in [2.45, 2.75) is 52.3 Å². The maximum absolute atomic E-state index is 14.0. The molecule has 0 amide bonds. The first-order valence-electron chi connectivity index (χ1n) is 8.98. The third kappa shape index (κ3) is 3.98. The Morgan fingerprint density at radius 2 is 2.12 bits per heavy atom. The second-order valence-electron chi connectivity index (χ2n) is 7.54. The van der Waals surface area contributed by atoms with Gasteiger partial charge in [0.2, 0.25) is 0 Å². The van der Waals surface area contributed by atoms with Crippen LogP contribution in [0.3, 0.4) is 0 Å². The highest BCUT2D eigenvalue weighted by Crippen LogP contribution is 2.52. The zero-order chi connectivity index (χ0) is 18.2. The van der Waals surface area contributed by atoms with Crippen LogP contribution in [0.5, 0.6) is 0 Å². The van der Waals surface area contributed by atoms with Crippen LogP contribution in [0.15, 0.2) is 23.2 Å². The molecule has 4 atom stereocenters. The Kier molecular flexibility index (Phi) is 6.87. The molecule has 1 aromatic rings. The van der Waals surface area contributed by atoms with Crippen molar-refractivity contribution in [1.29, 1.82) is 0 Å². The fraction of sp³-hybridized carbons (Fsp3) is 0.632. The van der Waals surface area contributed by atoms with E-state index in [9.17, 15) is 8.78 Å². The molecule has 1 heterocycles. The molecule has 26 heavy (non-hydrogen) atoms. The van der Waals surface area contributed by atoms with Gasteiger partial charge in [-0.05, 0) is 26.3 Å². The van der Waals surface area contributed by atoms with Crippen LogP contribution < -0.4 is 10.6 Å². The minimum Gasteiger partial charge on any atom is -0.377 e. The highest BCUT2D eigenvalue weighted by molar-refractivity contribution is 14.0. The summed E-state index contributed by atoms with van der Waals surface area (Å²) in [4.78, 5) is 4.50. The van der Waals surface area contributed by atoms with Crippen molar-refractivity contribution in [2.75, 3.05) is 13.2 Å². The Bertz CT molecular complexity index is 668.